The Kier molecular flexibility index (Phi) is 3.23. The molecule has 0 amide bonds. The molecular weight excluding hydrogens is 154 g/mol. The highest BCUT2D eigenvalue weighted by Crippen LogP contribution is 2.34. The van der Waals surface area contributed by atoms with Crippen LogP contribution in [0.1, 0.15) is 20.3 Å². The standard InChI is InChI=1S/C9H17NO2/c1-6(10-3)5-12-9-4-8(9)7(2)11/h6,8-10H,4-5H2,1-3H3/t6-,8+,9+/m0/s1. The van der Waals surface area contributed by atoms with Crippen LogP contribution in [0.5, 0.6) is 0 Å². The fourth-order valence-electron chi connectivity index (χ4n) is 1.13. The lowest BCUT2D eigenvalue weighted by atomic mass is 10.3. The Morgan fingerprint density at radius 1 is 1.75 bits per heavy atom. The van der Waals surface area contributed by atoms with Crippen LogP contribution in [0, 0.1) is 5.92 Å². The molecule has 3 nitrogen and oxygen atoms in total. The Hall–Kier alpha value is -0.410. The number of Topliss-reactive ketones (excluding diaryl/α,β-unsaturated/α-hetero) is 1. The molecule has 1 aliphatic rings. The van der Waals surface area contributed by atoms with Crippen LogP contribution in [0.2, 0.25) is 0 Å². The van der Waals surface area contributed by atoms with Gasteiger partial charge in [-0.1, -0.05) is 0 Å². The van der Waals surface area contributed by atoms with Crippen molar-refractivity contribution >= 4 is 5.78 Å². The smallest absolute Gasteiger partial charge is 0.135 e. The van der Waals surface area contributed by atoms with E-state index in [2.05, 4.69) is 12.2 Å². The van der Waals surface area contributed by atoms with E-state index in [9.17, 15) is 4.79 Å². The van der Waals surface area contributed by atoms with Crippen LogP contribution in [-0.4, -0.2) is 31.6 Å². The Morgan fingerprint density at radius 2 is 2.42 bits per heavy atom. The van der Waals surface area contributed by atoms with Crippen LogP contribution in [0.4, 0.5) is 0 Å². The number of hydrogen-bond acceptors (Lipinski definition) is 3. The Labute approximate surface area is 73.5 Å². The molecule has 0 aromatic carbocycles. The maximum atomic E-state index is 10.8. The minimum atomic E-state index is 0.189. The number of ether oxygens (including phenoxy) is 1. The largest absolute Gasteiger partial charge is 0.376 e. The molecule has 1 aliphatic carbocycles. The van der Waals surface area contributed by atoms with Gasteiger partial charge in [0.1, 0.15) is 5.78 Å². The van der Waals surface area contributed by atoms with E-state index >= 15 is 0 Å². The molecule has 1 saturated carbocycles. The number of carbonyl (C=O) groups is 1. The quantitative estimate of drug-likeness (QED) is 0.658. The van der Waals surface area contributed by atoms with Crippen LogP contribution < -0.4 is 5.32 Å². The zero-order chi connectivity index (χ0) is 9.14. The summed E-state index contributed by atoms with van der Waals surface area (Å²) in [5.41, 5.74) is 0. The lowest BCUT2D eigenvalue weighted by Gasteiger charge is -2.09. The summed E-state index contributed by atoms with van der Waals surface area (Å²) in [6, 6.07) is 0.373. The van der Waals surface area contributed by atoms with Gasteiger partial charge in [-0.25, -0.2) is 0 Å². The van der Waals surface area contributed by atoms with E-state index in [4.69, 9.17) is 4.74 Å². The lowest BCUT2D eigenvalue weighted by Crippen LogP contribution is -2.27. The summed E-state index contributed by atoms with van der Waals surface area (Å²) < 4.78 is 5.50. The van der Waals surface area contributed by atoms with E-state index in [-0.39, 0.29) is 17.8 Å². The Balaban J connectivity index is 2.08. The first-order valence-corrected chi connectivity index (χ1v) is 4.44. The van der Waals surface area contributed by atoms with Gasteiger partial charge in [-0.3, -0.25) is 4.79 Å². The molecule has 1 N–H and O–H groups in total. The number of rotatable bonds is 5. The summed E-state index contributed by atoms with van der Waals surface area (Å²) in [4.78, 5) is 10.8. The molecule has 0 radical (unpaired) electrons. The highest BCUT2D eigenvalue weighted by atomic mass is 16.5. The number of carbonyl (C=O) groups excluding carboxylic acids is 1. The molecule has 0 saturated heterocycles. The second-order valence-corrected chi connectivity index (χ2v) is 3.51. The third kappa shape index (κ3) is 2.57. The predicted octanol–water partition coefficient (Wildman–Crippen LogP) is 0.588. The van der Waals surface area contributed by atoms with Gasteiger partial charge in [0.05, 0.1) is 12.7 Å². The van der Waals surface area contributed by atoms with Gasteiger partial charge in [0.2, 0.25) is 0 Å². The van der Waals surface area contributed by atoms with E-state index in [0.29, 0.717) is 12.6 Å². The first kappa shape index (κ1) is 9.68. The van der Waals surface area contributed by atoms with Crippen molar-refractivity contribution < 1.29 is 9.53 Å². The van der Waals surface area contributed by atoms with Gasteiger partial charge >= 0.3 is 0 Å². The topological polar surface area (TPSA) is 38.3 Å². The molecule has 0 heterocycles. The highest BCUT2D eigenvalue weighted by molar-refractivity contribution is 5.81. The molecule has 12 heavy (non-hydrogen) atoms. The van der Waals surface area contributed by atoms with E-state index in [1.165, 1.54) is 0 Å². The van der Waals surface area contributed by atoms with Gasteiger partial charge in [0, 0.05) is 12.0 Å². The molecule has 0 aromatic heterocycles. The van der Waals surface area contributed by atoms with Gasteiger partial charge in [-0.2, -0.15) is 0 Å². The van der Waals surface area contributed by atoms with Crippen molar-refractivity contribution in [3.63, 3.8) is 0 Å². The number of hydrogen-bond donors (Lipinski definition) is 1. The van der Waals surface area contributed by atoms with Gasteiger partial charge in [-0.05, 0) is 27.3 Å². The average molecular weight is 171 g/mol. The minimum absolute atomic E-state index is 0.189. The summed E-state index contributed by atoms with van der Waals surface area (Å²) in [6.45, 7) is 4.39. The Morgan fingerprint density at radius 3 is 2.83 bits per heavy atom. The van der Waals surface area contributed by atoms with Crippen LogP contribution in [0.3, 0.4) is 0 Å². The second-order valence-electron chi connectivity index (χ2n) is 3.51. The van der Waals surface area contributed by atoms with Crippen molar-refractivity contribution in [2.45, 2.75) is 32.4 Å². The summed E-state index contributed by atoms with van der Waals surface area (Å²) in [5.74, 6) is 0.450. The summed E-state index contributed by atoms with van der Waals surface area (Å²) in [6.07, 6.45) is 1.13. The van der Waals surface area contributed by atoms with Crippen LogP contribution in [0.25, 0.3) is 0 Å². The van der Waals surface area contributed by atoms with E-state index in [1.807, 2.05) is 7.05 Å². The predicted molar refractivity (Wildman–Crippen MR) is 47.0 cm³/mol. The van der Waals surface area contributed by atoms with Crippen LogP contribution >= 0.6 is 0 Å². The fraction of sp³-hybridized carbons (Fsp3) is 0.889. The summed E-state index contributed by atoms with van der Waals surface area (Å²) >= 11 is 0. The van der Waals surface area contributed by atoms with Crippen molar-refractivity contribution in [2.24, 2.45) is 5.92 Å². The number of nitrogens with one attached hydrogen (secondary N) is 1. The minimum Gasteiger partial charge on any atom is -0.376 e. The zero-order valence-electron chi connectivity index (χ0n) is 7.96. The maximum absolute atomic E-state index is 10.8. The lowest BCUT2D eigenvalue weighted by molar-refractivity contribution is -0.119. The van der Waals surface area contributed by atoms with Crippen molar-refractivity contribution in [1.29, 1.82) is 0 Å². The molecule has 1 rings (SSSR count). The van der Waals surface area contributed by atoms with E-state index < -0.39 is 0 Å². The first-order chi connectivity index (χ1) is 5.65. The molecule has 3 heteroatoms. The summed E-state index contributed by atoms with van der Waals surface area (Å²) in [7, 11) is 1.91. The van der Waals surface area contributed by atoms with Crippen molar-refractivity contribution in [2.75, 3.05) is 13.7 Å². The third-order valence-corrected chi connectivity index (χ3v) is 2.31. The van der Waals surface area contributed by atoms with Crippen molar-refractivity contribution in [3.05, 3.63) is 0 Å². The molecule has 0 spiro atoms. The number of likely N-dealkylation sites (N-methyl/N-ethyl adjacent to an activating group) is 1. The van der Waals surface area contributed by atoms with Gasteiger partial charge < -0.3 is 10.1 Å². The van der Waals surface area contributed by atoms with E-state index in [1.54, 1.807) is 6.92 Å². The van der Waals surface area contributed by atoms with Gasteiger partial charge in [0.15, 0.2) is 0 Å². The second kappa shape index (κ2) is 4.01. The first-order valence-electron chi connectivity index (χ1n) is 4.44. The van der Waals surface area contributed by atoms with E-state index in [0.717, 1.165) is 6.42 Å². The number of ketones is 1. The molecule has 70 valence electrons. The van der Waals surface area contributed by atoms with Gasteiger partial charge in [0.25, 0.3) is 0 Å². The third-order valence-electron chi connectivity index (χ3n) is 2.31. The maximum Gasteiger partial charge on any atom is 0.135 e. The fourth-order valence-corrected chi connectivity index (χ4v) is 1.13. The van der Waals surface area contributed by atoms with Gasteiger partial charge in [-0.15, -0.1) is 0 Å². The molecule has 0 aromatic rings. The SMILES string of the molecule is CN[C@@H](C)CO[C@@H]1C[C@@H]1C(C)=O. The average Bonchev–Trinajstić information content (AvgIpc) is 2.79. The van der Waals surface area contributed by atoms with Crippen molar-refractivity contribution in [1.82, 2.24) is 5.32 Å². The van der Waals surface area contributed by atoms with Crippen LogP contribution in [0.15, 0.2) is 0 Å². The molecule has 0 unspecified atom stereocenters. The zero-order valence-corrected chi connectivity index (χ0v) is 7.96. The monoisotopic (exact) mass is 171 g/mol. The van der Waals surface area contributed by atoms with Crippen LogP contribution in [-0.2, 0) is 9.53 Å². The molecule has 3 atom stereocenters. The molecular formula is C9H17NO2. The van der Waals surface area contributed by atoms with Crippen molar-refractivity contribution in [3.8, 4) is 0 Å². The Bertz CT molecular complexity index is 170. The molecule has 0 bridgehead atoms. The molecule has 1 fully saturated rings. The highest BCUT2D eigenvalue weighted by Gasteiger charge is 2.41. The molecule has 0 aliphatic heterocycles. The normalized spacial score (nSPS) is 29.9. The summed E-state index contributed by atoms with van der Waals surface area (Å²) in [5, 5.41) is 3.08.